The maximum atomic E-state index is 13.2. The van der Waals surface area contributed by atoms with Crippen molar-refractivity contribution in [3.8, 4) is 0 Å². The molecule has 6 heteroatoms. The third kappa shape index (κ3) is 2.08. The van der Waals surface area contributed by atoms with Crippen LogP contribution in [0.1, 0.15) is 21.5 Å². The highest BCUT2D eigenvalue weighted by molar-refractivity contribution is 5.90. The highest BCUT2D eigenvalue weighted by Crippen LogP contribution is 2.33. The monoisotopic (exact) mass is 222 g/mol. The quantitative estimate of drug-likeness (QED) is 0.742. The minimum atomic E-state index is -4.87. The van der Waals surface area contributed by atoms with Gasteiger partial charge < -0.3 is 5.11 Å². The summed E-state index contributed by atoms with van der Waals surface area (Å²) >= 11 is 0. The van der Waals surface area contributed by atoms with E-state index < -0.39 is 29.1 Å². The van der Waals surface area contributed by atoms with Gasteiger partial charge in [0.25, 0.3) is 0 Å². The van der Waals surface area contributed by atoms with Gasteiger partial charge in [-0.25, -0.2) is 9.18 Å². The Morgan fingerprint density at radius 2 is 1.87 bits per heavy atom. The number of benzene rings is 1. The molecule has 15 heavy (non-hydrogen) atoms. The summed E-state index contributed by atoms with van der Waals surface area (Å²) in [5, 5.41) is 8.49. The van der Waals surface area contributed by atoms with Crippen LogP contribution in [-0.2, 0) is 6.18 Å². The van der Waals surface area contributed by atoms with Gasteiger partial charge in [0.2, 0.25) is 0 Å². The fraction of sp³-hybridized carbons (Fsp3) is 0.222. The molecule has 82 valence electrons. The molecule has 0 unspecified atom stereocenters. The molecule has 0 aliphatic rings. The van der Waals surface area contributed by atoms with Gasteiger partial charge in [-0.3, -0.25) is 0 Å². The second kappa shape index (κ2) is 3.52. The van der Waals surface area contributed by atoms with Crippen molar-refractivity contribution in [1.29, 1.82) is 0 Å². The number of alkyl halides is 3. The summed E-state index contributed by atoms with van der Waals surface area (Å²) in [4.78, 5) is 10.5. The van der Waals surface area contributed by atoms with Crippen molar-refractivity contribution in [3.05, 3.63) is 34.6 Å². The normalized spacial score (nSPS) is 11.5. The zero-order valence-electron chi connectivity index (χ0n) is 7.52. The molecule has 0 aliphatic carbocycles. The van der Waals surface area contributed by atoms with E-state index in [9.17, 15) is 22.4 Å². The van der Waals surface area contributed by atoms with Gasteiger partial charge in [-0.15, -0.1) is 0 Å². The number of halogens is 4. The Bertz CT molecular complexity index is 409. The van der Waals surface area contributed by atoms with E-state index in [0.717, 1.165) is 6.07 Å². The average Bonchev–Trinajstić information content (AvgIpc) is 2.06. The summed E-state index contributed by atoms with van der Waals surface area (Å²) in [6.45, 7) is 1.20. The van der Waals surface area contributed by atoms with Crippen molar-refractivity contribution in [2.75, 3.05) is 0 Å². The molecule has 2 nitrogen and oxygen atoms in total. The maximum absolute atomic E-state index is 13.2. The molecule has 1 N–H and O–H groups in total. The Kier molecular flexibility index (Phi) is 2.70. The second-order valence-electron chi connectivity index (χ2n) is 2.92. The molecular formula is C9H6F4O2. The fourth-order valence-electron chi connectivity index (χ4n) is 1.13. The molecule has 0 bridgehead atoms. The SMILES string of the molecule is Cc1ccc(C(F)(F)F)c(C(=O)O)c1F. The van der Waals surface area contributed by atoms with E-state index in [1.807, 2.05) is 0 Å². The van der Waals surface area contributed by atoms with Crippen molar-refractivity contribution in [2.45, 2.75) is 13.1 Å². The number of hydrogen-bond donors (Lipinski definition) is 1. The number of carboxylic acid groups (broad SMARTS) is 1. The van der Waals surface area contributed by atoms with Gasteiger partial charge in [-0.1, -0.05) is 6.07 Å². The summed E-state index contributed by atoms with van der Waals surface area (Å²) in [6, 6.07) is 1.45. The van der Waals surface area contributed by atoms with Crippen LogP contribution in [0.5, 0.6) is 0 Å². The van der Waals surface area contributed by atoms with Gasteiger partial charge in [-0.2, -0.15) is 13.2 Å². The molecule has 1 rings (SSSR count). The van der Waals surface area contributed by atoms with E-state index in [0.29, 0.717) is 6.07 Å². The summed E-state index contributed by atoms with van der Waals surface area (Å²) in [5.41, 5.74) is -2.94. The summed E-state index contributed by atoms with van der Waals surface area (Å²) < 4.78 is 50.0. The Hall–Kier alpha value is -1.59. The molecule has 0 spiro atoms. The summed E-state index contributed by atoms with van der Waals surface area (Å²) in [7, 11) is 0. The molecule has 0 amide bonds. The van der Waals surface area contributed by atoms with Crippen LogP contribution in [-0.4, -0.2) is 11.1 Å². The van der Waals surface area contributed by atoms with Crippen LogP contribution in [0.2, 0.25) is 0 Å². The molecular weight excluding hydrogens is 216 g/mol. The molecule has 0 saturated heterocycles. The van der Waals surface area contributed by atoms with Crippen LogP contribution in [0.4, 0.5) is 17.6 Å². The van der Waals surface area contributed by atoms with Gasteiger partial charge >= 0.3 is 12.1 Å². The highest BCUT2D eigenvalue weighted by atomic mass is 19.4. The largest absolute Gasteiger partial charge is 0.478 e. The van der Waals surface area contributed by atoms with Crippen LogP contribution >= 0.6 is 0 Å². The lowest BCUT2D eigenvalue weighted by Gasteiger charge is -2.11. The number of rotatable bonds is 1. The highest BCUT2D eigenvalue weighted by Gasteiger charge is 2.37. The molecule has 0 aromatic heterocycles. The number of hydrogen-bond acceptors (Lipinski definition) is 1. The minimum Gasteiger partial charge on any atom is -0.478 e. The number of carbonyl (C=O) groups is 1. The van der Waals surface area contributed by atoms with Crippen LogP contribution in [0.25, 0.3) is 0 Å². The Morgan fingerprint density at radius 1 is 1.33 bits per heavy atom. The van der Waals surface area contributed by atoms with Gasteiger partial charge in [0.05, 0.1) is 5.56 Å². The van der Waals surface area contributed by atoms with Gasteiger partial charge in [0.1, 0.15) is 11.4 Å². The van der Waals surface area contributed by atoms with E-state index in [4.69, 9.17) is 5.11 Å². The van der Waals surface area contributed by atoms with E-state index in [2.05, 4.69) is 0 Å². The minimum absolute atomic E-state index is 0.139. The third-order valence-corrected chi connectivity index (χ3v) is 1.85. The van der Waals surface area contributed by atoms with E-state index in [-0.39, 0.29) is 5.56 Å². The van der Waals surface area contributed by atoms with E-state index in [1.54, 1.807) is 0 Å². The molecule has 1 aromatic carbocycles. The van der Waals surface area contributed by atoms with Crippen molar-refractivity contribution in [3.63, 3.8) is 0 Å². The van der Waals surface area contributed by atoms with Crippen LogP contribution in [0, 0.1) is 12.7 Å². The van der Waals surface area contributed by atoms with Gasteiger partial charge in [-0.05, 0) is 18.6 Å². The van der Waals surface area contributed by atoms with Gasteiger partial charge in [0.15, 0.2) is 0 Å². The molecule has 0 fully saturated rings. The molecule has 0 aliphatic heterocycles. The second-order valence-corrected chi connectivity index (χ2v) is 2.92. The van der Waals surface area contributed by atoms with E-state index >= 15 is 0 Å². The molecule has 0 heterocycles. The first-order chi connectivity index (χ1) is 6.75. The van der Waals surface area contributed by atoms with E-state index in [1.165, 1.54) is 6.92 Å². The molecule has 0 atom stereocenters. The van der Waals surface area contributed by atoms with Crippen molar-refractivity contribution in [1.82, 2.24) is 0 Å². The number of aromatic carboxylic acids is 1. The summed E-state index contributed by atoms with van der Waals surface area (Å²) in [6.07, 6.45) is -4.87. The standard InChI is InChI=1S/C9H6F4O2/c1-4-2-3-5(9(11,12)13)6(7(4)10)8(14)15/h2-3H,1H3,(H,14,15). The Balaban J connectivity index is 3.55. The van der Waals surface area contributed by atoms with Crippen molar-refractivity contribution < 1.29 is 27.5 Å². The average molecular weight is 222 g/mol. The first-order valence-electron chi connectivity index (χ1n) is 3.84. The lowest BCUT2D eigenvalue weighted by atomic mass is 10.0. The molecule has 1 aromatic rings. The fourth-order valence-corrected chi connectivity index (χ4v) is 1.13. The topological polar surface area (TPSA) is 37.3 Å². The van der Waals surface area contributed by atoms with Crippen LogP contribution < -0.4 is 0 Å². The van der Waals surface area contributed by atoms with Crippen LogP contribution in [0.3, 0.4) is 0 Å². The molecule has 0 saturated carbocycles. The maximum Gasteiger partial charge on any atom is 0.417 e. The van der Waals surface area contributed by atoms with Gasteiger partial charge in [0, 0.05) is 0 Å². The Labute approximate surface area is 82.1 Å². The van der Waals surface area contributed by atoms with Crippen molar-refractivity contribution >= 4 is 5.97 Å². The van der Waals surface area contributed by atoms with Crippen LogP contribution in [0.15, 0.2) is 12.1 Å². The lowest BCUT2D eigenvalue weighted by molar-refractivity contribution is -0.138. The molecule has 0 radical (unpaired) electrons. The third-order valence-electron chi connectivity index (χ3n) is 1.85. The zero-order chi connectivity index (χ0) is 11.8. The zero-order valence-corrected chi connectivity index (χ0v) is 7.52. The predicted molar refractivity (Wildman–Crippen MR) is 43.1 cm³/mol. The first-order valence-corrected chi connectivity index (χ1v) is 3.84. The smallest absolute Gasteiger partial charge is 0.417 e. The lowest BCUT2D eigenvalue weighted by Crippen LogP contribution is -2.15. The number of aryl methyl sites for hydroxylation is 1. The van der Waals surface area contributed by atoms with Crippen molar-refractivity contribution in [2.24, 2.45) is 0 Å². The number of carboxylic acids is 1. The Morgan fingerprint density at radius 3 is 2.27 bits per heavy atom. The summed E-state index contributed by atoms with van der Waals surface area (Å²) in [5.74, 6) is -3.28. The first kappa shape index (κ1) is 11.5. The predicted octanol–water partition coefficient (Wildman–Crippen LogP) is 2.85.